The normalized spacial score (nSPS) is 15.2. The highest BCUT2D eigenvalue weighted by atomic mass is 31.2. The summed E-state index contributed by atoms with van der Waals surface area (Å²) in [5.74, 6) is 0. The zero-order chi connectivity index (χ0) is 24.8. The van der Waals surface area contributed by atoms with E-state index < -0.39 is 13.9 Å². The summed E-state index contributed by atoms with van der Waals surface area (Å²) >= 11 is 0. The van der Waals surface area contributed by atoms with Crippen LogP contribution in [0.1, 0.15) is 129 Å². The van der Waals surface area contributed by atoms with E-state index in [2.05, 4.69) is 19.1 Å². The summed E-state index contributed by atoms with van der Waals surface area (Å²) < 4.78 is 16.6. The van der Waals surface area contributed by atoms with Gasteiger partial charge in [0.05, 0.1) is 21.1 Å². The Labute approximate surface area is 206 Å². The number of unbranched alkanes of at least 4 members (excludes halogenated alkanes) is 16. The number of phosphoric ester groups is 1. The van der Waals surface area contributed by atoms with Crippen molar-refractivity contribution in [3.05, 3.63) is 12.2 Å². The Morgan fingerprint density at radius 3 is 1.55 bits per heavy atom. The van der Waals surface area contributed by atoms with E-state index in [9.17, 15) is 9.46 Å². The minimum atomic E-state index is -4.67. The fraction of sp³-hybridized carbons (Fsp3) is 0.926. The molecule has 198 valence electrons. The molecule has 0 heterocycles. The topological polar surface area (TPSA) is 69.6 Å². The van der Waals surface area contributed by atoms with Crippen LogP contribution in [-0.4, -0.2) is 43.2 Å². The molecule has 0 fully saturated rings. The number of hydrogen-bond acceptors (Lipinski definition) is 3. The second-order valence-corrected chi connectivity index (χ2v) is 12.0. The molecule has 0 aliphatic heterocycles. The number of phosphoric acid groups is 1. The minimum Gasteiger partial charge on any atom is -0.756 e. The molecule has 0 radical (unpaired) electrons. The first-order valence-electron chi connectivity index (χ1n) is 13.8. The quantitative estimate of drug-likeness (QED) is 0.0658. The van der Waals surface area contributed by atoms with Crippen molar-refractivity contribution in [2.24, 2.45) is 0 Å². The second-order valence-electron chi connectivity index (χ2n) is 10.8. The lowest BCUT2D eigenvalue weighted by Crippen LogP contribution is -2.42. The molecule has 0 rings (SSSR count). The van der Waals surface area contributed by atoms with Gasteiger partial charge in [0.2, 0.25) is 0 Å². The van der Waals surface area contributed by atoms with Gasteiger partial charge in [0.25, 0.3) is 7.82 Å². The van der Waals surface area contributed by atoms with E-state index in [1.165, 1.54) is 103 Å². The first-order valence-corrected chi connectivity index (χ1v) is 15.3. The SMILES string of the molecule is CCCCCCCC/C=C/CCCCCCCCCCCCC(C[N+](C)(C)C)OP(=O)([O-])O. The van der Waals surface area contributed by atoms with E-state index in [1.807, 2.05) is 21.1 Å². The summed E-state index contributed by atoms with van der Waals surface area (Å²) in [7, 11) is 1.32. The molecule has 0 bridgehead atoms. The van der Waals surface area contributed by atoms with Gasteiger partial charge in [-0.3, -0.25) is 4.57 Å². The van der Waals surface area contributed by atoms with Crippen LogP contribution in [0, 0.1) is 0 Å². The number of hydrogen-bond donors (Lipinski definition) is 1. The maximum absolute atomic E-state index is 11.1. The van der Waals surface area contributed by atoms with Crippen molar-refractivity contribution in [3.63, 3.8) is 0 Å². The molecule has 0 aliphatic rings. The van der Waals surface area contributed by atoms with Crippen molar-refractivity contribution in [3.8, 4) is 0 Å². The Hall–Kier alpha value is -0.190. The smallest absolute Gasteiger partial charge is 0.265 e. The fourth-order valence-electron chi connectivity index (χ4n) is 4.30. The molecule has 0 spiro atoms. The molecule has 0 aromatic carbocycles. The lowest BCUT2D eigenvalue weighted by molar-refractivity contribution is -0.873. The summed E-state index contributed by atoms with van der Waals surface area (Å²) in [6, 6.07) is 0. The number of allylic oxidation sites excluding steroid dienone is 2. The van der Waals surface area contributed by atoms with Crippen LogP contribution in [0.5, 0.6) is 0 Å². The average molecular weight is 490 g/mol. The van der Waals surface area contributed by atoms with Gasteiger partial charge in [-0.1, -0.05) is 109 Å². The Balaban J connectivity index is 3.48. The van der Waals surface area contributed by atoms with Crippen molar-refractivity contribution in [2.75, 3.05) is 27.7 Å². The van der Waals surface area contributed by atoms with Gasteiger partial charge in [0.15, 0.2) is 0 Å². The number of rotatable bonds is 24. The van der Waals surface area contributed by atoms with Gasteiger partial charge in [-0.15, -0.1) is 0 Å². The maximum Gasteiger partial charge on any atom is 0.265 e. The van der Waals surface area contributed by atoms with Crippen LogP contribution >= 0.6 is 7.82 Å². The summed E-state index contributed by atoms with van der Waals surface area (Å²) in [5.41, 5.74) is 0. The standard InChI is InChI=1S/C27H56NO4P/c1-5-6-7-8-9-10-11-12-13-14-15-16-17-18-19-20-21-22-23-24-25-27(26-28(2,3)4)32-33(29,30)31/h12-13,27H,5-11,14-26H2,1-4H3,(H-,29,30,31)/b13-12+. The highest BCUT2D eigenvalue weighted by molar-refractivity contribution is 7.44. The Kier molecular flexibility index (Phi) is 21.0. The van der Waals surface area contributed by atoms with E-state index in [1.54, 1.807) is 0 Å². The van der Waals surface area contributed by atoms with Crippen molar-refractivity contribution in [1.29, 1.82) is 0 Å². The molecule has 2 atom stereocenters. The number of nitrogens with zero attached hydrogens (tertiary/aromatic N) is 1. The first kappa shape index (κ1) is 32.8. The molecule has 33 heavy (non-hydrogen) atoms. The van der Waals surface area contributed by atoms with E-state index in [0.29, 0.717) is 17.4 Å². The van der Waals surface area contributed by atoms with Crippen LogP contribution in [0.2, 0.25) is 0 Å². The van der Waals surface area contributed by atoms with Crippen molar-refractivity contribution < 1.29 is 23.4 Å². The highest BCUT2D eigenvalue weighted by Crippen LogP contribution is 2.34. The third kappa shape index (κ3) is 27.9. The predicted molar refractivity (Wildman–Crippen MR) is 140 cm³/mol. The third-order valence-corrected chi connectivity index (χ3v) is 6.64. The van der Waals surface area contributed by atoms with Gasteiger partial charge in [-0.2, -0.15) is 0 Å². The average Bonchev–Trinajstić information content (AvgIpc) is 2.70. The highest BCUT2D eigenvalue weighted by Gasteiger charge is 2.22. The van der Waals surface area contributed by atoms with Gasteiger partial charge in [0, 0.05) is 0 Å². The Bertz CT molecular complexity index is 499. The molecule has 6 heteroatoms. The lowest BCUT2D eigenvalue weighted by Gasteiger charge is -2.31. The summed E-state index contributed by atoms with van der Waals surface area (Å²) in [6.45, 7) is 2.84. The van der Waals surface area contributed by atoms with E-state index >= 15 is 0 Å². The summed E-state index contributed by atoms with van der Waals surface area (Å²) in [4.78, 5) is 20.1. The number of likely N-dealkylation sites (N-methyl/N-ethyl adjacent to an activating group) is 1. The van der Waals surface area contributed by atoms with E-state index in [4.69, 9.17) is 9.42 Å². The summed E-state index contributed by atoms with van der Waals surface area (Å²) in [5, 5.41) is 0. The Morgan fingerprint density at radius 2 is 1.15 bits per heavy atom. The largest absolute Gasteiger partial charge is 0.756 e. The molecular formula is C27H56NO4P. The van der Waals surface area contributed by atoms with E-state index in [-0.39, 0.29) is 0 Å². The lowest BCUT2D eigenvalue weighted by atomic mass is 10.0. The monoisotopic (exact) mass is 489 g/mol. The predicted octanol–water partition coefficient (Wildman–Crippen LogP) is 7.53. The molecule has 0 saturated carbocycles. The fourth-order valence-corrected chi connectivity index (χ4v) is 4.85. The molecule has 0 amide bonds. The van der Waals surface area contributed by atoms with Crippen molar-refractivity contribution >= 4 is 7.82 Å². The Morgan fingerprint density at radius 1 is 0.758 bits per heavy atom. The van der Waals surface area contributed by atoms with Crippen LogP contribution in [0.25, 0.3) is 0 Å². The van der Waals surface area contributed by atoms with Crippen LogP contribution in [0.15, 0.2) is 12.2 Å². The van der Waals surface area contributed by atoms with Gasteiger partial charge in [0.1, 0.15) is 12.6 Å². The molecular weight excluding hydrogens is 433 g/mol. The zero-order valence-electron chi connectivity index (χ0n) is 22.4. The summed E-state index contributed by atoms with van der Waals surface area (Å²) in [6.07, 6.45) is 28.3. The van der Waals surface area contributed by atoms with Gasteiger partial charge in [-0.05, 0) is 32.1 Å². The molecule has 2 unspecified atom stereocenters. The molecule has 1 N–H and O–H groups in total. The minimum absolute atomic E-state index is 0.441. The van der Waals surface area contributed by atoms with Crippen LogP contribution in [0.4, 0.5) is 0 Å². The third-order valence-electron chi connectivity index (χ3n) is 6.07. The van der Waals surface area contributed by atoms with Gasteiger partial charge >= 0.3 is 0 Å². The van der Waals surface area contributed by atoms with Crippen molar-refractivity contribution in [2.45, 2.75) is 135 Å². The van der Waals surface area contributed by atoms with Gasteiger partial charge < -0.3 is 18.8 Å². The maximum atomic E-state index is 11.1. The first-order chi connectivity index (χ1) is 15.6. The molecule has 0 aliphatic carbocycles. The van der Waals surface area contributed by atoms with Crippen LogP contribution < -0.4 is 4.89 Å². The van der Waals surface area contributed by atoms with Crippen LogP contribution in [-0.2, 0) is 9.09 Å². The van der Waals surface area contributed by atoms with Crippen molar-refractivity contribution in [1.82, 2.24) is 0 Å². The molecule has 0 aromatic rings. The number of quaternary nitrogens is 1. The van der Waals surface area contributed by atoms with Crippen LogP contribution in [0.3, 0.4) is 0 Å². The molecule has 5 nitrogen and oxygen atoms in total. The van der Waals surface area contributed by atoms with E-state index in [0.717, 1.165) is 12.8 Å². The van der Waals surface area contributed by atoms with Gasteiger partial charge in [-0.25, -0.2) is 0 Å². The second kappa shape index (κ2) is 21.1. The molecule has 0 aromatic heterocycles. The zero-order valence-corrected chi connectivity index (χ0v) is 23.3. The molecule has 0 saturated heterocycles.